The topological polar surface area (TPSA) is 85.5 Å². The lowest BCUT2D eigenvalue weighted by Gasteiger charge is -2.15. The summed E-state index contributed by atoms with van der Waals surface area (Å²) in [5.41, 5.74) is 2.87. The highest BCUT2D eigenvalue weighted by Gasteiger charge is 2.48. The number of amides is 1. The average molecular weight is 392 g/mol. The van der Waals surface area contributed by atoms with Crippen LogP contribution in [0.25, 0.3) is 16.8 Å². The second-order valence-corrected chi connectivity index (χ2v) is 8.54. The first-order valence-electron chi connectivity index (χ1n) is 10.3. The molecule has 2 aliphatic carbocycles. The molecular weight excluding hydrogens is 368 g/mol. The molecule has 1 unspecified atom stereocenters. The highest BCUT2D eigenvalue weighted by Crippen LogP contribution is 2.45. The van der Waals surface area contributed by atoms with Crippen molar-refractivity contribution in [2.75, 3.05) is 18.5 Å². The fourth-order valence-electron chi connectivity index (χ4n) is 4.44. The molecule has 6 rings (SSSR count). The van der Waals surface area contributed by atoms with Gasteiger partial charge in [0.1, 0.15) is 12.3 Å². The zero-order chi connectivity index (χ0) is 19.5. The summed E-state index contributed by atoms with van der Waals surface area (Å²) in [6, 6.07) is 6.40. The van der Waals surface area contributed by atoms with Crippen LogP contribution in [0.4, 0.5) is 5.82 Å². The summed E-state index contributed by atoms with van der Waals surface area (Å²) in [5.74, 6) is 3.24. The Morgan fingerprint density at radius 1 is 1.38 bits per heavy atom. The molecule has 3 fully saturated rings. The third-order valence-corrected chi connectivity index (χ3v) is 6.40. The van der Waals surface area contributed by atoms with Crippen molar-refractivity contribution in [1.29, 1.82) is 0 Å². The molecule has 2 N–H and O–H groups in total. The van der Waals surface area contributed by atoms with Gasteiger partial charge in [0.05, 0.1) is 11.7 Å². The number of piperidine rings is 1. The predicted octanol–water partition coefficient (Wildman–Crippen LogP) is 2.07. The molecule has 3 aromatic rings. The molecule has 1 amide bonds. The van der Waals surface area contributed by atoms with Crippen molar-refractivity contribution in [1.82, 2.24) is 24.7 Å². The minimum Gasteiger partial charge on any atom is -0.488 e. The van der Waals surface area contributed by atoms with Gasteiger partial charge in [0.2, 0.25) is 5.91 Å². The maximum absolute atomic E-state index is 12.0. The van der Waals surface area contributed by atoms with E-state index in [-0.39, 0.29) is 11.8 Å². The van der Waals surface area contributed by atoms with Gasteiger partial charge in [-0.2, -0.15) is 10.2 Å². The van der Waals surface area contributed by atoms with Gasteiger partial charge in [0, 0.05) is 36.8 Å². The van der Waals surface area contributed by atoms with Gasteiger partial charge in [-0.1, -0.05) is 0 Å². The number of rotatable bonds is 6. The van der Waals surface area contributed by atoms with E-state index in [2.05, 4.69) is 20.8 Å². The van der Waals surface area contributed by atoms with Crippen molar-refractivity contribution in [2.24, 2.45) is 24.8 Å². The van der Waals surface area contributed by atoms with E-state index in [1.807, 2.05) is 36.1 Å². The standard InChI is InChI=1S/C21H24N6O2/c1-26-20(18(10-23-26)29-11-17-16-7-14(16)9-22-17)13-4-5-27-15(6-13)8-19(25-27)24-21(28)12-2-3-12/h4-6,8,10,12,14,16-17,22H,2-3,7,9,11H2,1H3,(H,24,25,28)/t14-,16?,17+/m1/s1. The Bertz CT molecular complexity index is 1100. The number of nitrogens with one attached hydrogen (secondary N) is 2. The number of carbonyl (C=O) groups is 1. The van der Waals surface area contributed by atoms with Gasteiger partial charge in [-0.3, -0.25) is 9.48 Å². The Hall–Kier alpha value is -2.87. The van der Waals surface area contributed by atoms with Gasteiger partial charge in [-0.05, 0) is 49.8 Å². The molecule has 8 heteroatoms. The average Bonchev–Trinajstić information content (AvgIpc) is 3.60. The second kappa shape index (κ2) is 6.32. The summed E-state index contributed by atoms with van der Waals surface area (Å²) < 4.78 is 9.79. The SMILES string of the molecule is Cn1ncc(OC[C@@H]2NC[C@H]3CC32)c1-c1ccn2nc(NC(=O)C3CC3)cc2c1. The molecule has 0 spiro atoms. The third kappa shape index (κ3) is 3.07. The highest BCUT2D eigenvalue weighted by molar-refractivity contribution is 5.93. The summed E-state index contributed by atoms with van der Waals surface area (Å²) in [4.78, 5) is 12.0. The monoisotopic (exact) mass is 392 g/mol. The van der Waals surface area contributed by atoms with E-state index in [4.69, 9.17) is 4.74 Å². The third-order valence-electron chi connectivity index (χ3n) is 6.40. The van der Waals surface area contributed by atoms with E-state index in [0.29, 0.717) is 18.5 Å². The van der Waals surface area contributed by atoms with Crippen molar-refractivity contribution in [2.45, 2.75) is 25.3 Å². The number of fused-ring (bicyclic) bond motifs is 2. The Morgan fingerprint density at radius 2 is 2.28 bits per heavy atom. The molecule has 1 saturated heterocycles. The zero-order valence-electron chi connectivity index (χ0n) is 16.3. The van der Waals surface area contributed by atoms with Crippen LogP contribution in [0.1, 0.15) is 19.3 Å². The van der Waals surface area contributed by atoms with E-state index in [1.165, 1.54) is 6.42 Å². The molecule has 3 aromatic heterocycles. The fraction of sp³-hybridized carbons (Fsp3) is 0.476. The first kappa shape index (κ1) is 17.0. The quantitative estimate of drug-likeness (QED) is 0.671. The lowest BCUT2D eigenvalue weighted by atomic mass is 10.1. The van der Waals surface area contributed by atoms with Gasteiger partial charge in [-0.15, -0.1) is 0 Å². The summed E-state index contributed by atoms with van der Waals surface area (Å²) in [6.07, 6.45) is 6.98. The smallest absolute Gasteiger partial charge is 0.228 e. The van der Waals surface area contributed by atoms with Crippen LogP contribution in [0.3, 0.4) is 0 Å². The molecule has 0 radical (unpaired) electrons. The van der Waals surface area contributed by atoms with Gasteiger partial charge in [-0.25, -0.2) is 4.52 Å². The maximum Gasteiger partial charge on any atom is 0.228 e. The summed E-state index contributed by atoms with van der Waals surface area (Å²) in [5, 5.41) is 15.3. The van der Waals surface area contributed by atoms with Gasteiger partial charge in [0.15, 0.2) is 11.6 Å². The van der Waals surface area contributed by atoms with Crippen molar-refractivity contribution < 1.29 is 9.53 Å². The Labute approximate surface area is 168 Å². The van der Waals surface area contributed by atoms with Crippen molar-refractivity contribution >= 4 is 17.2 Å². The lowest BCUT2D eigenvalue weighted by molar-refractivity contribution is -0.117. The number of hydrogen-bond acceptors (Lipinski definition) is 5. The number of nitrogens with zero attached hydrogens (tertiary/aromatic N) is 4. The Kier molecular flexibility index (Phi) is 3.71. The zero-order valence-corrected chi connectivity index (χ0v) is 16.3. The summed E-state index contributed by atoms with van der Waals surface area (Å²) in [7, 11) is 1.93. The molecule has 3 atom stereocenters. The van der Waals surface area contributed by atoms with Crippen molar-refractivity contribution in [3.63, 3.8) is 0 Å². The molecule has 1 aliphatic heterocycles. The molecule has 0 aromatic carbocycles. The lowest BCUT2D eigenvalue weighted by Crippen LogP contribution is -2.32. The molecule has 8 nitrogen and oxygen atoms in total. The maximum atomic E-state index is 12.0. The van der Waals surface area contributed by atoms with Gasteiger partial charge in [0.25, 0.3) is 0 Å². The highest BCUT2D eigenvalue weighted by atomic mass is 16.5. The van der Waals surface area contributed by atoms with Crippen molar-refractivity contribution in [3.8, 4) is 17.0 Å². The molecule has 0 bridgehead atoms. The molecule has 29 heavy (non-hydrogen) atoms. The Morgan fingerprint density at radius 3 is 3.03 bits per heavy atom. The number of hydrogen-bond donors (Lipinski definition) is 2. The number of aryl methyl sites for hydroxylation is 1. The van der Waals surface area contributed by atoms with E-state index < -0.39 is 0 Å². The number of carbonyl (C=O) groups excluding carboxylic acids is 1. The molecule has 150 valence electrons. The van der Waals surface area contributed by atoms with E-state index >= 15 is 0 Å². The van der Waals surface area contributed by atoms with Crippen LogP contribution in [-0.2, 0) is 11.8 Å². The predicted molar refractivity (Wildman–Crippen MR) is 108 cm³/mol. The number of ether oxygens (including phenoxy) is 1. The molecule has 2 saturated carbocycles. The first-order chi connectivity index (χ1) is 14.2. The van der Waals surface area contributed by atoms with Crippen molar-refractivity contribution in [3.05, 3.63) is 30.6 Å². The summed E-state index contributed by atoms with van der Waals surface area (Å²) in [6.45, 7) is 1.79. The largest absolute Gasteiger partial charge is 0.488 e. The molecule has 3 aliphatic rings. The Balaban J connectivity index is 1.24. The molecular formula is C21H24N6O2. The molecule has 4 heterocycles. The van der Waals surface area contributed by atoms with Crippen LogP contribution in [0.5, 0.6) is 5.75 Å². The summed E-state index contributed by atoms with van der Waals surface area (Å²) >= 11 is 0. The fourth-order valence-corrected chi connectivity index (χ4v) is 4.44. The number of anilines is 1. The van der Waals surface area contributed by atoms with E-state index in [9.17, 15) is 4.79 Å². The van der Waals surface area contributed by atoms with Crippen LogP contribution in [0.15, 0.2) is 30.6 Å². The first-order valence-corrected chi connectivity index (χ1v) is 10.3. The van der Waals surface area contributed by atoms with Crippen LogP contribution in [0, 0.1) is 17.8 Å². The normalized spacial score (nSPS) is 25.2. The minimum absolute atomic E-state index is 0.0642. The van der Waals surface area contributed by atoms with Crippen LogP contribution < -0.4 is 15.4 Å². The van der Waals surface area contributed by atoms with Crippen LogP contribution in [0.2, 0.25) is 0 Å². The van der Waals surface area contributed by atoms with Gasteiger partial charge < -0.3 is 15.4 Å². The van der Waals surface area contributed by atoms with E-state index in [1.54, 1.807) is 10.7 Å². The number of pyridine rings is 1. The van der Waals surface area contributed by atoms with Gasteiger partial charge >= 0.3 is 0 Å². The van der Waals surface area contributed by atoms with Crippen LogP contribution >= 0.6 is 0 Å². The number of aromatic nitrogens is 4. The minimum atomic E-state index is 0.0642. The van der Waals surface area contributed by atoms with E-state index in [0.717, 1.165) is 53.7 Å². The van der Waals surface area contributed by atoms with Crippen LogP contribution in [-0.4, -0.2) is 44.5 Å². The second-order valence-electron chi connectivity index (χ2n) is 8.54.